The lowest BCUT2D eigenvalue weighted by atomic mass is 10.0. The quantitative estimate of drug-likeness (QED) is 0.509. The molecule has 0 aliphatic carbocycles. The minimum absolute atomic E-state index is 0.00505. The summed E-state index contributed by atoms with van der Waals surface area (Å²) in [6.07, 6.45) is 0.386. The Kier molecular flexibility index (Phi) is 9.71. The van der Waals surface area contributed by atoms with Gasteiger partial charge in [0.1, 0.15) is 5.60 Å². The second-order valence-electron chi connectivity index (χ2n) is 8.28. The first-order valence-corrected chi connectivity index (χ1v) is 9.97. The third-order valence-corrected chi connectivity index (χ3v) is 4.27. The summed E-state index contributed by atoms with van der Waals surface area (Å²) in [4.78, 5) is 22.9. The largest absolute Gasteiger partial charge is 0.481 e. The number of hydrogen-bond acceptors (Lipinski definition) is 5. The van der Waals surface area contributed by atoms with Gasteiger partial charge in [-0.05, 0) is 39.2 Å². The molecule has 1 unspecified atom stereocenters. The molecule has 29 heavy (non-hydrogen) atoms. The molecule has 1 atom stereocenters. The van der Waals surface area contributed by atoms with Crippen molar-refractivity contribution in [1.82, 2.24) is 20.5 Å². The fraction of sp³-hybridized carbons (Fsp3) is 0.667. The van der Waals surface area contributed by atoms with Gasteiger partial charge in [-0.1, -0.05) is 19.9 Å². The number of methoxy groups -OCH3 is 1. The highest BCUT2D eigenvalue weighted by Crippen LogP contribution is 2.11. The highest BCUT2D eigenvalue weighted by Gasteiger charge is 2.22. The zero-order valence-corrected chi connectivity index (χ0v) is 19.1. The smallest absolute Gasteiger partial charge is 0.407 e. The number of nitrogens with one attached hydrogen (secondary N) is 2. The number of guanidine groups is 1. The molecule has 0 saturated heterocycles. The van der Waals surface area contributed by atoms with Gasteiger partial charge in [0.25, 0.3) is 0 Å². The van der Waals surface area contributed by atoms with Crippen LogP contribution in [0.2, 0.25) is 0 Å². The number of pyridine rings is 1. The van der Waals surface area contributed by atoms with Crippen molar-refractivity contribution in [2.45, 2.75) is 59.2 Å². The number of ether oxygens (including phenoxy) is 2. The summed E-state index contributed by atoms with van der Waals surface area (Å²) in [6.45, 7) is 11.0. The molecule has 0 aliphatic rings. The average molecular weight is 408 g/mol. The van der Waals surface area contributed by atoms with E-state index in [1.165, 1.54) is 0 Å². The number of aliphatic imine (C=N–C) groups is 1. The van der Waals surface area contributed by atoms with Gasteiger partial charge < -0.3 is 25.0 Å². The summed E-state index contributed by atoms with van der Waals surface area (Å²) in [5.41, 5.74) is 0.355. The molecule has 1 rings (SSSR count). The summed E-state index contributed by atoms with van der Waals surface area (Å²) in [5.74, 6) is 1.63. The van der Waals surface area contributed by atoms with E-state index < -0.39 is 5.60 Å². The number of alkyl carbamates (subject to hydrolysis) is 1. The number of carbonyl (C=O) groups is 1. The minimum Gasteiger partial charge on any atom is -0.481 e. The second kappa shape index (κ2) is 11.5. The molecule has 8 heteroatoms. The first kappa shape index (κ1) is 24.5. The molecule has 0 radical (unpaired) electrons. The van der Waals surface area contributed by atoms with Gasteiger partial charge in [0, 0.05) is 32.7 Å². The fourth-order valence-corrected chi connectivity index (χ4v) is 2.69. The maximum Gasteiger partial charge on any atom is 0.407 e. The fourth-order valence-electron chi connectivity index (χ4n) is 2.69. The summed E-state index contributed by atoms with van der Waals surface area (Å²) in [7, 11) is 5.32. The molecule has 0 spiro atoms. The number of hydrogen-bond donors (Lipinski definition) is 2. The normalized spacial score (nSPS) is 13.1. The Balaban J connectivity index is 2.58. The van der Waals surface area contributed by atoms with E-state index in [2.05, 4.69) is 34.5 Å². The lowest BCUT2D eigenvalue weighted by molar-refractivity contribution is 0.0486. The molecule has 0 aromatic carbocycles. The van der Waals surface area contributed by atoms with Gasteiger partial charge in [0.2, 0.25) is 5.88 Å². The third-order valence-electron chi connectivity index (χ3n) is 4.27. The van der Waals surface area contributed by atoms with Crippen LogP contribution in [-0.2, 0) is 11.3 Å². The Hall–Kier alpha value is -2.51. The van der Waals surface area contributed by atoms with Crippen molar-refractivity contribution in [3.05, 3.63) is 23.9 Å². The summed E-state index contributed by atoms with van der Waals surface area (Å²) < 4.78 is 10.5. The molecule has 1 heterocycles. The molecular formula is C21H37N5O3. The Morgan fingerprint density at radius 3 is 2.55 bits per heavy atom. The topological polar surface area (TPSA) is 88.1 Å². The van der Waals surface area contributed by atoms with Crippen LogP contribution in [0.5, 0.6) is 5.88 Å². The Labute approximate surface area is 175 Å². The van der Waals surface area contributed by atoms with E-state index in [-0.39, 0.29) is 18.1 Å². The number of rotatable bonds is 8. The van der Waals surface area contributed by atoms with Crippen molar-refractivity contribution in [3.8, 4) is 5.88 Å². The molecule has 164 valence electrons. The first-order valence-electron chi connectivity index (χ1n) is 9.97. The van der Waals surface area contributed by atoms with Crippen LogP contribution in [0.15, 0.2) is 23.2 Å². The lowest BCUT2D eigenvalue weighted by Crippen LogP contribution is -2.45. The predicted molar refractivity (Wildman–Crippen MR) is 116 cm³/mol. The Morgan fingerprint density at radius 2 is 2.00 bits per heavy atom. The van der Waals surface area contributed by atoms with Gasteiger partial charge in [-0.15, -0.1) is 0 Å². The van der Waals surface area contributed by atoms with Crippen LogP contribution in [0.25, 0.3) is 0 Å². The molecule has 0 aliphatic heterocycles. The van der Waals surface area contributed by atoms with Crippen molar-refractivity contribution in [3.63, 3.8) is 0 Å². The zero-order chi connectivity index (χ0) is 22.0. The van der Waals surface area contributed by atoms with Crippen LogP contribution in [0.4, 0.5) is 4.79 Å². The van der Waals surface area contributed by atoms with Gasteiger partial charge in [-0.3, -0.25) is 4.99 Å². The van der Waals surface area contributed by atoms with Crippen LogP contribution in [-0.4, -0.2) is 61.3 Å². The molecule has 0 fully saturated rings. The van der Waals surface area contributed by atoms with Crippen LogP contribution in [0, 0.1) is 5.92 Å². The summed E-state index contributed by atoms with van der Waals surface area (Å²) in [6, 6.07) is 5.66. The zero-order valence-electron chi connectivity index (χ0n) is 19.1. The van der Waals surface area contributed by atoms with E-state index in [1.54, 1.807) is 14.2 Å². The highest BCUT2D eigenvalue weighted by molar-refractivity contribution is 5.79. The molecule has 0 bridgehead atoms. The molecule has 2 N–H and O–H groups in total. The van der Waals surface area contributed by atoms with Gasteiger partial charge in [-0.2, -0.15) is 0 Å². The van der Waals surface area contributed by atoms with Gasteiger partial charge in [0.05, 0.1) is 19.3 Å². The Morgan fingerprint density at radius 1 is 1.31 bits per heavy atom. The van der Waals surface area contributed by atoms with Crippen molar-refractivity contribution in [1.29, 1.82) is 0 Å². The highest BCUT2D eigenvalue weighted by atomic mass is 16.6. The van der Waals surface area contributed by atoms with E-state index in [9.17, 15) is 4.79 Å². The van der Waals surface area contributed by atoms with Crippen molar-refractivity contribution in [2.24, 2.45) is 10.9 Å². The minimum atomic E-state index is -0.511. The third kappa shape index (κ3) is 9.49. The van der Waals surface area contributed by atoms with Crippen LogP contribution >= 0.6 is 0 Å². The number of nitrogens with zero attached hydrogens (tertiary/aromatic N) is 3. The van der Waals surface area contributed by atoms with E-state index in [0.717, 1.165) is 24.6 Å². The van der Waals surface area contributed by atoms with Crippen molar-refractivity contribution in [2.75, 3.05) is 27.7 Å². The Bertz CT molecular complexity index is 671. The van der Waals surface area contributed by atoms with Gasteiger partial charge in [0.15, 0.2) is 5.96 Å². The van der Waals surface area contributed by atoms with Crippen LogP contribution < -0.4 is 15.4 Å². The molecule has 1 aromatic heterocycles. The maximum atomic E-state index is 12.1. The SMILES string of the molecule is CN=C(NCc1cccc(OC)n1)N(C)CCC(NC(=O)OC(C)(C)C)C(C)C. The van der Waals surface area contributed by atoms with Crippen LogP contribution in [0.1, 0.15) is 46.7 Å². The van der Waals surface area contributed by atoms with E-state index in [4.69, 9.17) is 9.47 Å². The number of aromatic nitrogens is 1. The second-order valence-corrected chi connectivity index (χ2v) is 8.28. The lowest BCUT2D eigenvalue weighted by Gasteiger charge is -2.28. The van der Waals surface area contributed by atoms with E-state index in [1.807, 2.05) is 50.9 Å². The molecule has 0 saturated carbocycles. The number of carbonyl (C=O) groups excluding carboxylic acids is 1. The maximum absolute atomic E-state index is 12.1. The van der Waals surface area contributed by atoms with Gasteiger partial charge >= 0.3 is 6.09 Å². The van der Waals surface area contributed by atoms with Crippen molar-refractivity contribution >= 4 is 12.1 Å². The number of amides is 1. The molecular weight excluding hydrogens is 370 g/mol. The molecule has 1 aromatic rings. The monoisotopic (exact) mass is 407 g/mol. The predicted octanol–water partition coefficient (Wildman–Crippen LogP) is 3.04. The van der Waals surface area contributed by atoms with E-state index in [0.29, 0.717) is 12.4 Å². The summed E-state index contributed by atoms with van der Waals surface area (Å²) in [5, 5.41) is 6.29. The summed E-state index contributed by atoms with van der Waals surface area (Å²) >= 11 is 0. The molecule has 8 nitrogen and oxygen atoms in total. The first-order chi connectivity index (χ1) is 13.6. The van der Waals surface area contributed by atoms with E-state index >= 15 is 0 Å². The van der Waals surface area contributed by atoms with Crippen LogP contribution in [0.3, 0.4) is 0 Å². The standard InChI is InChI=1S/C21H37N5O3/c1-15(2)17(25-20(27)29-21(3,4)5)12-13-26(7)19(22-6)23-14-16-10-9-11-18(24-16)28-8/h9-11,15,17H,12-14H2,1-8H3,(H,22,23)(H,25,27). The molecule has 1 amide bonds. The van der Waals surface area contributed by atoms with Gasteiger partial charge in [-0.25, -0.2) is 9.78 Å². The average Bonchev–Trinajstić information content (AvgIpc) is 2.64. The van der Waals surface area contributed by atoms with Crippen molar-refractivity contribution < 1.29 is 14.3 Å².